The average molecular weight is 423 g/mol. The van der Waals surface area contributed by atoms with Gasteiger partial charge in [-0.25, -0.2) is 4.39 Å². The van der Waals surface area contributed by atoms with Crippen LogP contribution in [0.25, 0.3) is 4.85 Å². The highest BCUT2D eigenvalue weighted by molar-refractivity contribution is 7.81. The van der Waals surface area contributed by atoms with E-state index in [1.165, 1.54) is 30.2 Å². The maximum Gasteiger partial charge on any atom is 0.272 e. The average Bonchev–Trinajstić information content (AvgIpc) is 2.90. The third kappa shape index (κ3) is 2.92. The molecule has 0 atom stereocenters. The molecule has 1 N–H and O–H groups in total. The highest BCUT2D eigenvalue weighted by atomic mass is 32.1. The number of anilines is 3. The second-order valence-electron chi connectivity index (χ2n) is 7.43. The third-order valence-electron chi connectivity index (χ3n) is 5.51. The predicted molar refractivity (Wildman–Crippen MR) is 115 cm³/mol. The van der Waals surface area contributed by atoms with Crippen molar-refractivity contribution in [3.63, 3.8) is 0 Å². The quantitative estimate of drug-likeness (QED) is 0.595. The number of halogens is 1. The Bertz CT molecular complexity index is 1140. The van der Waals surface area contributed by atoms with Crippen molar-refractivity contribution in [1.29, 1.82) is 0 Å². The maximum atomic E-state index is 14.6. The molecule has 0 bridgehead atoms. The number of carbonyl (C=O) groups excluding carboxylic acids is 2. The van der Waals surface area contributed by atoms with Gasteiger partial charge in [0.25, 0.3) is 11.7 Å². The summed E-state index contributed by atoms with van der Waals surface area (Å²) in [5.41, 5.74) is 0.788. The molecule has 0 unspecified atom stereocenters. The van der Waals surface area contributed by atoms with Gasteiger partial charge in [0.15, 0.2) is 5.11 Å². The SMILES string of the molecule is [C-]#[N+]c1ncc(N2C(=O)C3(CCC3)N(c3ccc(NC(C)=O)c(F)c3)C2=S)cc1C. The van der Waals surface area contributed by atoms with Crippen molar-refractivity contribution in [2.24, 2.45) is 0 Å². The molecule has 7 nitrogen and oxygen atoms in total. The maximum absolute atomic E-state index is 14.6. The minimum Gasteiger partial charge on any atom is -0.360 e. The lowest BCUT2D eigenvalue weighted by Gasteiger charge is -2.43. The molecule has 1 aliphatic carbocycles. The van der Waals surface area contributed by atoms with Gasteiger partial charge in [-0.3, -0.25) is 14.5 Å². The Morgan fingerprint density at radius 2 is 2.07 bits per heavy atom. The summed E-state index contributed by atoms with van der Waals surface area (Å²) in [4.78, 5) is 35.3. The van der Waals surface area contributed by atoms with Crippen LogP contribution in [0.2, 0.25) is 0 Å². The van der Waals surface area contributed by atoms with Crippen molar-refractivity contribution in [2.75, 3.05) is 15.1 Å². The van der Waals surface area contributed by atoms with Crippen LogP contribution in [-0.4, -0.2) is 27.4 Å². The Hall–Kier alpha value is -3.38. The van der Waals surface area contributed by atoms with Crippen LogP contribution in [0, 0.1) is 19.3 Å². The van der Waals surface area contributed by atoms with Gasteiger partial charge in [0, 0.05) is 12.6 Å². The van der Waals surface area contributed by atoms with E-state index in [-0.39, 0.29) is 28.4 Å². The smallest absolute Gasteiger partial charge is 0.272 e. The first kappa shape index (κ1) is 19.9. The number of amides is 2. The summed E-state index contributed by atoms with van der Waals surface area (Å²) in [6.07, 6.45) is 3.52. The molecule has 1 saturated carbocycles. The third-order valence-corrected chi connectivity index (χ3v) is 5.88. The summed E-state index contributed by atoms with van der Waals surface area (Å²) in [6.45, 7) is 10.2. The van der Waals surface area contributed by atoms with Gasteiger partial charge in [-0.1, -0.05) is 6.57 Å². The van der Waals surface area contributed by atoms with E-state index in [4.69, 9.17) is 18.8 Å². The number of pyridine rings is 1. The van der Waals surface area contributed by atoms with Gasteiger partial charge in [-0.15, -0.1) is 4.98 Å². The number of hydrogen-bond acceptors (Lipinski definition) is 4. The summed E-state index contributed by atoms with van der Waals surface area (Å²) in [7, 11) is 0. The molecule has 1 aromatic heterocycles. The van der Waals surface area contributed by atoms with Crippen LogP contribution in [-0.2, 0) is 9.59 Å². The van der Waals surface area contributed by atoms with E-state index in [9.17, 15) is 14.0 Å². The molecule has 0 radical (unpaired) electrons. The molecule has 152 valence electrons. The number of aromatic nitrogens is 1. The number of carbonyl (C=O) groups is 2. The van der Waals surface area contributed by atoms with E-state index in [0.717, 1.165) is 6.42 Å². The molecule has 9 heteroatoms. The zero-order chi connectivity index (χ0) is 21.6. The topological polar surface area (TPSA) is 69.9 Å². The van der Waals surface area contributed by atoms with E-state index in [1.807, 2.05) is 0 Å². The van der Waals surface area contributed by atoms with Gasteiger partial charge in [0.2, 0.25) is 5.91 Å². The van der Waals surface area contributed by atoms with E-state index < -0.39 is 11.4 Å². The minimum absolute atomic E-state index is 0.0664. The molecule has 2 aliphatic rings. The van der Waals surface area contributed by atoms with Crippen molar-refractivity contribution >= 4 is 52.0 Å². The Labute approximate surface area is 178 Å². The highest BCUT2D eigenvalue weighted by Crippen LogP contribution is 2.48. The molecule has 1 spiro atoms. The van der Waals surface area contributed by atoms with Crippen molar-refractivity contribution in [2.45, 2.75) is 38.6 Å². The highest BCUT2D eigenvalue weighted by Gasteiger charge is 2.59. The number of benzene rings is 1. The van der Waals surface area contributed by atoms with Crippen molar-refractivity contribution in [3.05, 3.63) is 53.3 Å². The fraction of sp³-hybridized carbons (Fsp3) is 0.286. The van der Waals surface area contributed by atoms with E-state index >= 15 is 0 Å². The summed E-state index contributed by atoms with van der Waals surface area (Å²) in [5.74, 6) is -0.894. The van der Waals surface area contributed by atoms with Crippen LogP contribution in [0.1, 0.15) is 31.7 Å². The molecule has 2 heterocycles. The molecule has 2 fully saturated rings. The van der Waals surface area contributed by atoms with Crippen LogP contribution in [0.4, 0.5) is 27.3 Å². The van der Waals surface area contributed by atoms with Crippen molar-refractivity contribution in [3.8, 4) is 0 Å². The first-order valence-electron chi connectivity index (χ1n) is 9.38. The van der Waals surface area contributed by atoms with Crippen LogP contribution in [0.3, 0.4) is 0 Å². The molecule has 30 heavy (non-hydrogen) atoms. The fourth-order valence-corrected chi connectivity index (χ4v) is 4.40. The van der Waals surface area contributed by atoms with Gasteiger partial charge in [-0.2, -0.15) is 0 Å². The number of thiocarbonyl (C=S) groups is 1. The molecular weight excluding hydrogens is 405 g/mol. The van der Waals surface area contributed by atoms with Crippen LogP contribution < -0.4 is 15.1 Å². The Morgan fingerprint density at radius 1 is 1.33 bits per heavy atom. The molecule has 1 saturated heterocycles. The summed E-state index contributed by atoms with van der Waals surface area (Å²) in [6, 6.07) is 6.09. The lowest BCUT2D eigenvalue weighted by molar-refractivity contribution is -0.124. The van der Waals surface area contributed by atoms with E-state index in [1.54, 1.807) is 24.0 Å². The Kier molecular flexibility index (Phi) is 4.74. The van der Waals surface area contributed by atoms with Crippen LogP contribution in [0.15, 0.2) is 30.5 Å². The van der Waals surface area contributed by atoms with Gasteiger partial charge in [-0.05, 0) is 68.2 Å². The first-order chi connectivity index (χ1) is 14.3. The van der Waals surface area contributed by atoms with Gasteiger partial charge in [0.05, 0.1) is 11.4 Å². The number of nitrogens with zero attached hydrogens (tertiary/aromatic N) is 4. The van der Waals surface area contributed by atoms with Crippen molar-refractivity contribution in [1.82, 2.24) is 4.98 Å². The van der Waals surface area contributed by atoms with Crippen LogP contribution in [0.5, 0.6) is 0 Å². The first-order valence-corrected chi connectivity index (χ1v) is 9.79. The monoisotopic (exact) mass is 423 g/mol. The Morgan fingerprint density at radius 3 is 2.60 bits per heavy atom. The molecule has 4 rings (SSSR count). The van der Waals surface area contributed by atoms with Gasteiger partial charge >= 0.3 is 0 Å². The minimum atomic E-state index is -0.856. The standard InChI is InChI=1S/C21H18FN5O2S/c1-12-9-15(11-24-18(12)23-3)26-19(29)21(7-4-8-21)27(20(26)30)14-5-6-17(16(22)10-14)25-13(2)28/h5-6,9-11H,4,7-8H2,1-2H3,(H,25,28). The summed E-state index contributed by atoms with van der Waals surface area (Å²) in [5, 5.41) is 2.68. The molecule has 1 aliphatic heterocycles. The molecule has 2 aromatic rings. The molecule has 1 aromatic carbocycles. The number of rotatable bonds is 3. The summed E-state index contributed by atoms with van der Waals surface area (Å²) < 4.78 is 14.6. The fourth-order valence-electron chi connectivity index (χ4n) is 3.93. The normalized spacial score (nSPS) is 17.1. The largest absolute Gasteiger partial charge is 0.360 e. The summed E-state index contributed by atoms with van der Waals surface area (Å²) >= 11 is 5.65. The second-order valence-corrected chi connectivity index (χ2v) is 7.80. The lowest BCUT2D eigenvalue weighted by Crippen LogP contribution is -2.55. The number of hydrogen-bond donors (Lipinski definition) is 1. The lowest BCUT2D eigenvalue weighted by atomic mass is 9.75. The van der Waals surface area contributed by atoms with Gasteiger partial charge in [0.1, 0.15) is 17.6 Å². The zero-order valence-electron chi connectivity index (χ0n) is 16.4. The predicted octanol–water partition coefficient (Wildman–Crippen LogP) is 4.10. The number of aryl methyl sites for hydroxylation is 1. The zero-order valence-corrected chi connectivity index (χ0v) is 17.2. The van der Waals surface area contributed by atoms with Crippen LogP contribution >= 0.6 is 12.2 Å². The molecular formula is C21H18FN5O2S. The second kappa shape index (κ2) is 7.15. The Balaban J connectivity index is 1.76. The molecule has 2 amide bonds. The van der Waals surface area contributed by atoms with Crippen molar-refractivity contribution < 1.29 is 14.0 Å². The van der Waals surface area contributed by atoms with E-state index in [2.05, 4.69) is 15.1 Å². The van der Waals surface area contributed by atoms with Gasteiger partial charge < -0.3 is 15.1 Å². The number of nitrogens with one attached hydrogen (secondary N) is 1. The van der Waals surface area contributed by atoms with E-state index in [0.29, 0.717) is 29.8 Å².